The summed E-state index contributed by atoms with van der Waals surface area (Å²) in [5.41, 5.74) is 9.04. The molecule has 29 heavy (non-hydrogen) atoms. The van der Waals surface area contributed by atoms with Gasteiger partial charge < -0.3 is 4.74 Å². The Hall–Kier alpha value is -3.20. The van der Waals surface area contributed by atoms with Crippen molar-refractivity contribution in [2.24, 2.45) is 0 Å². The fraction of sp³-hybridized carbons (Fsp3) is 0.231. The third-order valence-electron chi connectivity index (χ3n) is 6.57. The molecule has 1 aliphatic heterocycles. The molecule has 2 aromatic heterocycles. The minimum atomic E-state index is -0.431. The summed E-state index contributed by atoms with van der Waals surface area (Å²) in [6, 6.07) is 17.0. The highest BCUT2D eigenvalue weighted by Gasteiger charge is 2.44. The van der Waals surface area contributed by atoms with Gasteiger partial charge in [-0.2, -0.15) is 0 Å². The average molecular weight is 378 g/mol. The van der Waals surface area contributed by atoms with E-state index in [2.05, 4.69) is 69.1 Å². The molecule has 1 aliphatic carbocycles. The van der Waals surface area contributed by atoms with Crippen LogP contribution in [-0.2, 0) is 11.0 Å². The molecule has 0 N–H and O–H groups in total. The minimum absolute atomic E-state index is 0.140. The van der Waals surface area contributed by atoms with E-state index in [1.807, 2.05) is 24.5 Å². The van der Waals surface area contributed by atoms with Crippen molar-refractivity contribution in [1.82, 2.24) is 9.97 Å². The van der Waals surface area contributed by atoms with Crippen LogP contribution in [0.15, 0.2) is 60.9 Å². The summed E-state index contributed by atoms with van der Waals surface area (Å²) in [4.78, 5) is 9.42. The first-order valence-electron chi connectivity index (χ1n) is 10.1. The van der Waals surface area contributed by atoms with E-state index in [1.165, 1.54) is 27.8 Å². The van der Waals surface area contributed by atoms with Crippen LogP contribution in [0.2, 0.25) is 0 Å². The number of aromatic nitrogens is 2. The lowest BCUT2D eigenvalue weighted by Crippen LogP contribution is -2.31. The highest BCUT2D eigenvalue weighted by atomic mass is 16.5. The molecular formula is C26H22N2O. The number of rotatable bonds is 0. The van der Waals surface area contributed by atoms with E-state index in [9.17, 15) is 0 Å². The van der Waals surface area contributed by atoms with Gasteiger partial charge >= 0.3 is 0 Å². The number of nitrogens with zero attached hydrogens (tertiary/aromatic N) is 2. The van der Waals surface area contributed by atoms with Gasteiger partial charge in [0.05, 0.1) is 17.4 Å². The summed E-state index contributed by atoms with van der Waals surface area (Å²) in [6.07, 6.45) is 3.78. The first-order chi connectivity index (χ1) is 13.9. The standard InChI is InChI=1S/C26H22N2O/c1-25(2)18-9-7-13-27-24(18)16-11-12-17-22(23(16)25)21-15-8-5-6-10-19(15)28-14-20(21)29-26(17,3)4/h5-14H,1-4H3. The molecule has 0 saturated carbocycles. The van der Waals surface area contributed by atoms with E-state index in [0.717, 1.165) is 27.9 Å². The van der Waals surface area contributed by atoms with Gasteiger partial charge in [0.25, 0.3) is 0 Å². The predicted octanol–water partition coefficient (Wildman–Crippen LogP) is 6.23. The van der Waals surface area contributed by atoms with E-state index in [4.69, 9.17) is 9.72 Å². The van der Waals surface area contributed by atoms with Gasteiger partial charge in [-0.05, 0) is 42.7 Å². The van der Waals surface area contributed by atoms with Crippen molar-refractivity contribution in [3.05, 3.63) is 77.6 Å². The SMILES string of the molecule is CC1(C)Oc2cnc3ccccc3c2-c2c1ccc1c2C(C)(C)c2cccnc2-1. The Morgan fingerprint density at radius 1 is 0.793 bits per heavy atom. The molecule has 2 aromatic carbocycles. The van der Waals surface area contributed by atoms with E-state index in [-0.39, 0.29) is 5.41 Å². The van der Waals surface area contributed by atoms with Crippen molar-refractivity contribution in [2.75, 3.05) is 0 Å². The van der Waals surface area contributed by atoms with Crippen LogP contribution < -0.4 is 4.74 Å². The Kier molecular flexibility index (Phi) is 3.02. The Balaban J connectivity index is 1.82. The third kappa shape index (κ3) is 2.02. The van der Waals surface area contributed by atoms with E-state index in [1.54, 1.807) is 0 Å². The Morgan fingerprint density at radius 3 is 2.48 bits per heavy atom. The second-order valence-electron chi connectivity index (χ2n) is 9.06. The summed E-state index contributed by atoms with van der Waals surface area (Å²) in [6.45, 7) is 8.91. The fourth-order valence-electron chi connectivity index (χ4n) is 5.26. The van der Waals surface area contributed by atoms with Crippen LogP contribution in [0, 0.1) is 0 Å². The number of ether oxygens (including phenoxy) is 1. The first kappa shape index (κ1) is 16.7. The zero-order valence-electron chi connectivity index (χ0n) is 17.1. The molecule has 142 valence electrons. The number of para-hydroxylation sites is 1. The predicted molar refractivity (Wildman–Crippen MR) is 116 cm³/mol. The van der Waals surface area contributed by atoms with Crippen LogP contribution in [0.3, 0.4) is 0 Å². The van der Waals surface area contributed by atoms with Crippen molar-refractivity contribution in [3.63, 3.8) is 0 Å². The molecule has 3 heteroatoms. The topological polar surface area (TPSA) is 35.0 Å². The molecule has 6 rings (SSSR count). The zero-order valence-corrected chi connectivity index (χ0v) is 17.1. The van der Waals surface area contributed by atoms with Gasteiger partial charge in [0.2, 0.25) is 0 Å². The maximum atomic E-state index is 6.48. The minimum Gasteiger partial charge on any atom is -0.481 e. The van der Waals surface area contributed by atoms with Crippen molar-refractivity contribution in [1.29, 1.82) is 0 Å². The second-order valence-corrected chi connectivity index (χ2v) is 9.06. The van der Waals surface area contributed by atoms with E-state index < -0.39 is 5.60 Å². The Bertz CT molecular complexity index is 1330. The summed E-state index contributed by atoms with van der Waals surface area (Å²) in [5, 5.41) is 1.13. The smallest absolute Gasteiger partial charge is 0.147 e. The number of fused-ring (bicyclic) bond motifs is 9. The summed E-state index contributed by atoms with van der Waals surface area (Å²) < 4.78 is 6.48. The monoisotopic (exact) mass is 378 g/mol. The van der Waals surface area contributed by atoms with Crippen LogP contribution in [-0.4, -0.2) is 9.97 Å². The van der Waals surface area contributed by atoms with E-state index in [0.29, 0.717) is 0 Å². The van der Waals surface area contributed by atoms with Crippen molar-refractivity contribution in [2.45, 2.75) is 38.7 Å². The molecule has 2 aliphatic rings. The molecular weight excluding hydrogens is 356 g/mol. The number of pyridine rings is 2. The van der Waals surface area contributed by atoms with Gasteiger partial charge in [-0.25, -0.2) is 0 Å². The molecule has 0 bridgehead atoms. The molecule has 0 spiro atoms. The lowest BCUT2D eigenvalue weighted by molar-refractivity contribution is 0.105. The van der Waals surface area contributed by atoms with Crippen LogP contribution in [0.5, 0.6) is 5.75 Å². The number of hydrogen-bond donors (Lipinski definition) is 0. The fourth-order valence-corrected chi connectivity index (χ4v) is 5.26. The molecule has 0 amide bonds. The maximum Gasteiger partial charge on any atom is 0.147 e. The number of hydrogen-bond acceptors (Lipinski definition) is 3. The van der Waals surface area contributed by atoms with Crippen molar-refractivity contribution in [3.8, 4) is 28.1 Å². The maximum absolute atomic E-state index is 6.48. The lowest BCUT2D eigenvalue weighted by Gasteiger charge is -2.38. The highest BCUT2D eigenvalue weighted by molar-refractivity contribution is 6.02. The van der Waals surface area contributed by atoms with Crippen LogP contribution in [0.4, 0.5) is 0 Å². The van der Waals surface area contributed by atoms with Gasteiger partial charge in [-0.3, -0.25) is 9.97 Å². The normalized spacial score (nSPS) is 17.1. The average Bonchev–Trinajstić information content (AvgIpc) is 2.95. The van der Waals surface area contributed by atoms with Crippen molar-refractivity contribution < 1.29 is 4.74 Å². The van der Waals surface area contributed by atoms with Gasteiger partial charge in [0.1, 0.15) is 11.4 Å². The first-order valence-corrected chi connectivity index (χ1v) is 10.1. The second kappa shape index (κ2) is 5.24. The van der Waals surface area contributed by atoms with Crippen molar-refractivity contribution >= 4 is 10.9 Å². The molecule has 0 unspecified atom stereocenters. The number of benzene rings is 2. The van der Waals surface area contributed by atoms with Crippen LogP contribution >= 0.6 is 0 Å². The molecule has 0 fully saturated rings. The largest absolute Gasteiger partial charge is 0.481 e. The Labute approximate surface area is 170 Å². The van der Waals surface area contributed by atoms with Gasteiger partial charge in [-0.1, -0.05) is 50.2 Å². The van der Waals surface area contributed by atoms with Gasteiger partial charge in [0.15, 0.2) is 0 Å². The third-order valence-corrected chi connectivity index (χ3v) is 6.57. The highest BCUT2D eigenvalue weighted by Crippen LogP contribution is 2.57. The molecule has 3 nitrogen and oxygen atoms in total. The van der Waals surface area contributed by atoms with Crippen LogP contribution in [0.25, 0.3) is 33.3 Å². The summed E-state index contributed by atoms with van der Waals surface area (Å²) in [7, 11) is 0. The molecule has 0 atom stereocenters. The molecule has 0 radical (unpaired) electrons. The lowest BCUT2D eigenvalue weighted by atomic mass is 9.74. The van der Waals surface area contributed by atoms with Crippen LogP contribution in [0.1, 0.15) is 44.4 Å². The van der Waals surface area contributed by atoms with Gasteiger partial charge in [0, 0.05) is 33.7 Å². The molecule has 3 heterocycles. The molecule has 4 aromatic rings. The summed E-state index contributed by atoms with van der Waals surface area (Å²) >= 11 is 0. The summed E-state index contributed by atoms with van der Waals surface area (Å²) in [5.74, 6) is 0.856. The van der Waals surface area contributed by atoms with E-state index >= 15 is 0 Å². The molecule has 0 saturated heterocycles. The quantitative estimate of drug-likeness (QED) is 0.364. The Morgan fingerprint density at radius 2 is 1.62 bits per heavy atom. The van der Waals surface area contributed by atoms with Gasteiger partial charge in [-0.15, -0.1) is 0 Å². The zero-order chi connectivity index (χ0) is 20.0.